The lowest BCUT2D eigenvalue weighted by Crippen LogP contribution is -2.12. The SMILES string of the molecule is O=C(CCBr)Nc1ccccc1F. The molecule has 2 nitrogen and oxygen atoms in total. The van der Waals surface area contributed by atoms with Crippen molar-refractivity contribution in [1.82, 2.24) is 0 Å². The molecule has 0 bridgehead atoms. The zero-order chi connectivity index (χ0) is 9.68. The molecule has 0 radical (unpaired) electrons. The van der Waals surface area contributed by atoms with Crippen LogP contribution >= 0.6 is 15.9 Å². The predicted octanol–water partition coefficient (Wildman–Crippen LogP) is 2.55. The fourth-order valence-electron chi connectivity index (χ4n) is 0.861. The van der Waals surface area contributed by atoms with E-state index in [0.717, 1.165) is 0 Å². The molecule has 1 rings (SSSR count). The molecule has 1 N–H and O–H groups in total. The van der Waals surface area contributed by atoms with E-state index in [9.17, 15) is 9.18 Å². The van der Waals surface area contributed by atoms with Crippen LogP contribution in [-0.2, 0) is 4.79 Å². The molecule has 4 heteroatoms. The van der Waals surface area contributed by atoms with Crippen molar-refractivity contribution >= 4 is 27.5 Å². The highest BCUT2D eigenvalue weighted by Crippen LogP contribution is 2.12. The molecule has 0 aromatic heterocycles. The van der Waals surface area contributed by atoms with Gasteiger partial charge in [0, 0.05) is 11.8 Å². The summed E-state index contributed by atoms with van der Waals surface area (Å²) in [5, 5.41) is 3.04. The smallest absolute Gasteiger partial charge is 0.225 e. The summed E-state index contributed by atoms with van der Waals surface area (Å²) >= 11 is 3.13. The Balaban J connectivity index is 2.63. The van der Waals surface area contributed by atoms with Crippen molar-refractivity contribution in [2.45, 2.75) is 6.42 Å². The topological polar surface area (TPSA) is 29.1 Å². The lowest BCUT2D eigenvalue weighted by Gasteiger charge is -2.03. The summed E-state index contributed by atoms with van der Waals surface area (Å²) in [5.41, 5.74) is 0.230. The van der Waals surface area contributed by atoms with E-state index in [4.69, 9.17) is 0 Å². The molecule has 0 saturated heterocycles. The number of rotatable bonds is 3. The van der Waals surface area contributed by atoms with Crippen molar-refractivity contribution in [2.75, 3.05) is 10.6 Å². The van der Waals surface area contributed by atoms with Crippen molar-refractivity contribution < 1.29 is 9.18 Å². The highest BCUT2D eigenvalue weighted by Gasteiger charge is 2.04. The Morgan fingerprint density at radius 3 is 2.77 bits per heavy atom. The largest absolute Gasteiger partial charge is 0.324 e. The quantitative estimate of drug-likeness (QED) is 0.816. The first-order chi connectivity index (χ1) is 6.24. The van der Waals surface area contributed by atoms with Crippen molar-refractivity contribution in [3.05, 3.63) is 30.1 Å². The predicted molar refractivity (Wildman–Crippen MR) is 53.4 cm³/mol. The molecular weight excluding hydrogens is 237 g/mol. The number of para-hydroxylation sites is 1. The maximum atomic E-state index is 13.0. The van der Waals surface area contributed by atoms with Crippen molar-refractivity contribution in [3.8, 4) is 0 Å². The summed E-state index contributed by atoms with van der Waals surface area (Å²) < 4.78 is 13.0. The van der Waals surface area contributed by atoms with Crippen LogP contribution in [0.2, 0.25) is 0 Å². The number of amides is 1. The molecule has 0 saturated carbocycles. The second-order valence-electron chi connectivity index (χ2n) is 2.47. The van der Waals surface area contributed by atoms with E-state index >= 15 is 0 Å². The number of hydrogen-bond acceptors (Lipinski definition) is 1. The van der Waals surface area contributed by atoms with Crippen molar-refractivity contribution in [1.29, 1.82) is 0 Å². The van der Waals surface area contributed by atoms with Gasteiger partial charge in [-0.1, -0.05) is 28.1 Å². The molecule has 1 amide bonds. The second kappa shape index (κ2) is 4.97. The second-order valence-corrected chi connectivity index (χ2v) is 3.26. The summed E-state index contributed by atoms with van der Waals surface area (Å²) in [6.45, 7) is 0. The van der Waals surface area contributed by atoms with Gasteiger partial charge in [-0.3, -0.25) is 4.79 Å². The van der Waals surface area contributed by atoms with E-state index < -0.39 is 5.82 Å². The number of carbonyl (C=O) groups is 1. The van der Waals surface area contributed by atoms with Gasteiger partial charge in [0.2, 0.25) is 5.91 Å². The molecule has 0 aliphatic heterocycles. The van der Waals surface area contributed by atoms with Crippen LogP contribution in [0.3, 0.4) is 0 Å². The monoisotopic (exact) mass is 245 g/mol. The van der Waals surface area contributed by atoms with Gasteiger partial charge < -0.3 is 5.32 Å². The third kappa shape index (κ3) is 3.14. The van der Waals surface area contributed by atoms with Crippen LogP contribution in [0.1, 0.15) is 6.42 Å². The average molecular weight is 246 g/mol. The minimum atomic E-state index is -0.412. The Morgan fingerprint density at radius 2 is 2.15 bits per heavy atom. The van der Waals surface area contributed by atoms with Crippen molar-refractivity contribution in [3.63, 3.8) is 0 Å². The summed E-state index contributed by atoms with van der Waals surface area (Å²) in [6, 6.07) is 6.09. The van der Waals surface area contributed by atoms with Gasteiger partial charge in [0.05, 0.1) is 5.69 Å². The Hall–Kier alpha value is -0.900. The lowest BCUT2D eigenvalue weighted by atomic mass is 10.3. The van der Waals surface area contributed by atoms with Crippen LogP contribution in [0.15, 0.2) is 24.3 Å². The molecule has 0 heterocycles. The first-order valence-electron chi connectivity index (χ1n) is 3.84. The Morgan fingerprint density at radius 1 is 1.46 bits per heavy atom. The fraction of sp³-hybridized carbons (Fsp3) is 0.222. The summed E-state index contributed by atoms with van der Waals surface area (Å²) in [5.74, 6) is -0.604. The van der Waals surface area contributed by atoms with Crippen LogP contribution in [0.25, 0.3) is 0 Å². The lowest BCUT2D eigenvalue weighted by molar-refractivity contribution is -0.115. The summed E-state index contributed by atoms with van der Waals surface area (Å²) in [7, 11) is 0. The molecule has 1 aromatic rings. The van der Waals surface area contributed by atoms with Gasteiger partial charge in [-0.15, -0.1) is 0 Å². The van der Waals surface area contributed by atoms with E-state index in [1.165, 1.54) is 12.1 Å². The number of benzene rings is 1. The molecule has 0 aliphatic carbocycles. The minimum Gasteiger partial charge on any atom is -0.324 e. The Bertz CT molecular complexity index is 303. The summed E-state index contributed by atoms with van der Waals surface area (Å²) in [6.07, 6.45) is 0.342. The van der Waals surface area contributed by atoms with E-state index in [2.05, 4.69) is 21.2 Å². The van der Waals surface area contributed by atoms with E-state index in [1.54, 1.807) is 12.1 Å². The number of nitrogens with one attached hydrogen (secondary N) is 1. The highest BCUT2D eigenvalue weighted by atomic mass is 79.9. The Kier molecular flexibility index (Phi) is 3.89. The van der Waals surface area contributed by atoms with Gasteiger partial charge in [-0.2, -0.15) is 0 Å². The number of halogens is 2. The zero-order valence-corrected chi connectivity index (χ0v) is 8.47. The highest BCUT2D eigenvalue weighted by molar-refractivity contribution is 9.09. The molecule has 0 aliphatic rings. The number of hydrogen-bond donors (Lipinski definition) is 1. The van der Waals surface area contributed by atoms with Crippen LogP contribution in [0.4, 0.5) is 10.1 Å². The van der Waals surface area contributed by atoms with Gasteiger partial charge in [-0.05, 0) is 12.1 Å². The third-order valence-corrected chi connectivity index (χ3v) is 1.87. The van der Waals surface area contributed by atoms with Gasteiger partial charge in [0.15, 0.2) is 0 Å². The number of anilines is 1. The van der Waals surface area contributed by atoms with Crippen molar-refractivity contribution in [2.24, 2.45) is 0 Å². The van der Waals surface area contributed by atoms with Crippen LogP contribution < -0.4 is 5.32 Å². The molecule has 0 atom stereocenters. The van der Waals surface area contributed by atoms with E-state index in [1.807, 2.05) is 0 Å². The molecule has 1 aromatic carbocycles. The van der Waals surface area contributed by atoms with Crippen LogP contribution in [0, 0.1) is 5.82 Å². The molecule has 0 spiro atoms. The summed E-state index contributed by atoms with van der Waals surface area (Å²) in [4.78, 5) is 11.1. The first-order valence-corrected chi connectivity index (χ1v) is 4.96. The first kappa shape index (κ1) is 10.2. The maximum absolute atomic E-state index is 13.0. The van der Waals surface area contributed by atoms with Gasteiger partial charge in [0.1, 0.15) is 5.82 Å². The molecular formula is C9H9BrFNO. The zero-order valence-electron chi connectivity index (χ0n) is 6.89. The molecule has 0 fully saturated rings. The standard InChI is InChI=1S/C9H9BrFNO/c10-6-5-9(13)12-8-4-2-1-3-7(8)11/h1-4H,5-6H2,(H,12,13). The van der Waals surface area contributed by atoms with E-state index in [0.29, 0.717) is 11.8 Å². The normalized spacial score (nSPS) is 9.69. The fourth-order valence-corrected chi connectivity index (χ4v) is 1.22. The average Bonchev–Trinajstić information content (AvgIpc) is 2.09. The van der Waals surface area contributed by atoms with Gasteiger partial charge in [-0.25, -0.2) is 4.39 Å². The third-order valence-electron chi connectivity index (χ3n) is 1.47. The van der Waals surface area contributed by atoms with Crippen LogP contribution in [0.5, 0.6) is 0 Å². The van der Waals surface area contributed by atoms with Gasteiger partial charge in [0.25, 0.3) is 0 Å². The minimum absolute atomic E-state index is 0.193. The van der Waals surface area contributed by atoms with E-state index in [-0.39, 0.29) is 11.6 Å². The number of alkyl halides is 1. The molecule has 0 unspecified atom stereocenters. The Labute approximate surface area is 84.3 Å². The molecule has 13 heavy (non-hydrogen) atoms. The maximum Gasteiger partial charge on any atom is 0.225 e. The molecule has 70 valence electrons. The number of carbonyl (C=O) groups excluding carboxylic acids is 1. The van der Waals surface area contributed by atoms with Crippen LogP contribution in [-0.4, -0.2) is 11.2 Å². The van der Waals surface area contributed by atoms with Gasteiger partial charge >= 0.3 is 0 Å².